The Morgan fingerprint density at radius 1 is 1.50 bits per heavy atom. The van der Waals surface area contributed by atoms with E-state index in [1.807, 2.05) is 0 Å². The number of amides is 1. The molecule has 0 fully saturated rings. The molecule has 0 rings (SSSR count). The van der Waals surface area contributed by atoms with Gasteiger partial charge in [-0.25, -0.2) is 4.79 Å². The van der Waals surface area contributed by atoms with Crippen LogP contribution in [-0.4, -0.2) is 17.1 Å². The fraction of sp³-hybridized carbons (Fsp3) is 0.500. The number of carbonyl (C=O) groups is 2. The van der Waals surface area contributed by atoms with Crippen LogP contribution in [0.5, 0.6) is 0 Å². The molecule has 10 heavy (non-hydrogen) atoms. The third-order valence-electron chi connectivity index (χ3n) is 0.287. The van der Waals surface area contributed by atoms with Crippen molar-refractivity contribution in [1.82, 2.24) is 0 Å². The van der Waals surface area contributed by atoms with E-state index in [2.05, 4.69) is 35.7 Å². The monoisotopic (exact) mass is 183 g/mol. The average molecular weight is 183 g/mol. The van der Waals surface area contributed by atoms with Gasteiger partial charge in [-0.1, -0.05) is 25.3 Å². The van der Waals surface area contributed by atoms with E-state index in [-0.39, 0.29) is 0 Å². The third kappa shape index (κ3) is 48.3. The molecule has 0 aliphatic carbocycles. The van der Waals surface area contributed by atoms with Gasteiger partial charge < -0.3 is 10.5 Å². The van der Waals surface area contributed by atoms with Gasteiger partial charge >= 0.3 is 6.09 Å². The first-order valence-electron chi connectivity index (χ1n) is 2.34. The van der Waals surface area contributed by atoms with Gasteiger partial charge in [0.15, 0.2) is 0 Å². The molecule has 0 saturated heterocycles. The van der Waals surface area contributed by atoms with E-state index >= 15 is 0 Å². The quantitative estimate of drug-likeness (QED) is 0.532. The Balaban J connectivity index is 0. The molecule has 0 atom stereocenters. The van der Waals surface area contributed by atoms with Crippen molar-refractivity contribution in [2.75, 3.05) is 6.61 Å². The molecule has 0 bridgehead atoms. The lowest BCUT2D eigenvalue weighted by atomic mass is 10.9. The van der Waals surface area contributed by atoms with Crippen LogP contribution >= 0.6 is 25.3 Å². The minimum Gasteiger partial charge on any atom is -0.450 e. The van der Waals surface area contributed by atoms with Crippen molar-refractivity contribution >= 4 is 35.8 Å². The van der Waals surface area contributed by atoms with Gasteiger partial charge in [0.05, 0.1) is 6.61 Å². The van der Waals surface area contributed by atoms with Crippen molar-refractivity contribution in [3.63, 3.8) is 0 Å². The number of thiol groups is 2. The Morgan fingerprint density at radius 2 is 1.80 bits per heavy atom. The van der Waals surface area contributed by atoms with Crippen LogP contribution in [0.3, 0.4) is 0 Å². The molecule has 4 nitrogen and oxygen atoms in total. The van der Waals surface area contributed by atoms with Crippen LogP contribution in [0.4, 0.5) is 9.59 Å². The maximum absolute atomic E-state index is 9.60. The minimum atomic E-state index is -0.711. The molecule has 0 spiro atoms. The average Bonchev–Trinajstić information content (AvgIpc) is 1.62. The Kier molecular flexibility index (Phi) is 10.7. The summed E-state index contributed by atoms with van der Waals surface area (Å²) in [6, 6.07) is 0. The number of nitrogens with two attached hydrogens (primary N) is 1. The van der Waals surface area contributed by atoms with E-state index < -0.39 is 10.5 Å². The topological polar surface area (TPSA) is 69.4 Å². The summed E-state index contributed by atoms with van der Waals surface area (Å²) in [5, 5.41) is 0. The van der Waals surface area contributed by atoms with Gasteiger partial charge in [-0.15, -0.1) is 0 Å². The normalized spacial score (nSPS) is 7.10. The standard InChI is InChI=1S/C3H7NO2.CH2OS2/c1-2-6-3(4)5;2-1(3)4/h2H2,1H3,(H2,4,5);(H2,2,3,4). The van der Waals surface area contributed by atoms with E-state index in [4.69, 9.17) is 0 Å². The van der Waals surface area contributed by atoms with Crippen LogP contribution in [0.15, 0.2) is 0 Å². The number of hydrogen-bond acceptors (Lipinski definition) is 3. The SMILES string of the molecule is CCOC(N)=O.O=C(S)S. The zero-order valence-corrected chi connectivity index (χ0v) is 7.19. The first-order valence-corrected chi connectivity index (χ1v) is 3.24. The molecule has 60 valence electrons. The lowest BCUT2D eigenvalue weighted by Crippen LogP contribution is -2.11. The highest BCUT2D eigenvalue weighted by atomic mass is 32.2. The predicted molar refractivity (Wildman–Crippen MR) is 44.6 cm³/mol. The summed E-state index contributed by atoms with van der Waals surface area (Å²) in [7, 11) is 0. The van der Waals surface area contributed by atoms with Crippen molar-refractivity contribution in [2.24, 2.45) is 5.73 Å². The molecule has 0 aliphatic heterocycles. The number of hydrogen-bond donors (Lipinski definition) is 3. The van der Waals surface area contributed by atoms with E-state index in [1.165, 1.54) is 0 Å². The van der Waals surface area contributed by atoms with E-state index in [1.54, 1.807) is 6.92 Å². The van der Waals surface area contributed by atoms with Gasteiger partial charge in [-0.05, 0) is 6.92 Å². The lowest BCUT2D eigenvalue weighted by Gasteiger charge is -1.89. The molecule has 2 N–H and O–H groups in total. The van der Waals surface area contributed by atoms with Gasteiger partial charge in [-0.3, -0.25) is 4.79 Å². The number of primary amides is 1. The highest BCUT2D eigenvalue weighted by molar-refractivity contribution is 8.23. The fourth-order valence-electron chi connectivity index (χ4n) is 0.142. The Labute approximate surface area is 69.9 Å². The first-order chi connectivity index (χ1) is 4.50. The molecule has 0 heterocycles. The second-order valence-electron chi connectivity index (χ2n) is 1.03. The maximum Gasteiger partial charge on any atom is 0.404 e. The fourth-order valence-corrected chi connectivity index (χ4v) is 0.142. The Morgan fingerprint density at radius 3 is 1.80 bits per heavy atom. The summed E-state index contributed by atoms with van der Waals surface area (Å²) in [5.41, 5.74) is 4.54. The van der Waals surface area contributed by atoms with Gasteiger partial charge in [0.1, 0.15) is 0 Å². The van der Waals surface area contributed by atoms with Crippen LogP contribution in [0.1, 0.15) is 6.92 Å². The summed E-state index contributed by atoms with van der Waals surface area (Å²) in [4.78, 5) is 18.8. The molecule has 0 aromatic rings. The van der Waals surface area contributed by atoms with Gasteiger partial charge in [0, 0.05) is 0 Å². The summed E-state index contributed by atoms with van der Waals surface area (Å²) in [6.45, 7) is 2.06. The van der Waals surface area contributed by atoms with Gasteiger partial charge in [0.25, 0.3) is 0 Å². The van der Waals surface area contributed by atoms with Crippen LogP contribution < -0.4 is 5.73 Å². The molecule has 0 aromatic carbocycles. The summed E-state index contributed by atoms with van der Waals surface area (Å²) in [6.07, 6.45) is -0.711. The summed E-state index contributed by atoms with van der Waals surface area (Å²) in [5.74, 6) is 0. The molecule has 0 aromatic heterocycles. The van der Waals surface area contributed by atoms with Crippen molar-refractivity contribution in [3.05, 3.63) is 0 Å². The van der Waals surface area contributed by atoms with Crippen LogP contribution in [0, 0.1) is 0 Å². The van der Waals surface area contributed by atoms with E-state index in [0.29, 0.717) is 6.61 Å². The number of rotatable bonds is 1. The molecular formula is C4H9NO3S2. The molecule has 0 aliphatic rings. The lowest BCUT2D eigenvalue weighted by molar-refractivity contribution is 0.163. The van der Waals surface area contributed by atoms with Crippen molar-refractivity contribution in [2.45, 2.75) is 6.92 Å². The van der Waals surface area contributed by atoms with Gasteiger partial charge in [0.2, 0.25) is 4.45 Å². The molecule has 1 amide bonds. The van der Waals surface area contributed by atoms with E-state index in [0.717, 1.165) is 0 Å². The highest BCUT2D eigenvalue weighted by Gasteiger charge is 1.82. The molecular weight excluding hydrogens is 174 g/mol. The van der Waals surface area contributed by atoms with Gasteiger partial charge in [-0.2, -0.15) is 0 Å². The zero-order valence-electron chi connectivity index (χ0n) is 5.40. The van der Waals surface area contributed by atoms with Crippen molar-refractivity contribution in [3.8, 4) is 0 Å². The van der Waals surface area contributed by atoms with Crippen LogP contribution in [0.25, 0.3) is 0 Å². The molecule has 0 radical (unpaired) electrons. The molecule has 0 saturated carbocycles. The predicted octanol–water partition coefficient (Wildman–Crippen LogP) is 1.07. The Bertz CT molecular complexity index is 113. The molecule has 6 heteroatoms. The van der Waals surface area contributed by atoms with Crippen molar-refractivity contribution < 1.29 is 14.3 Å². The maximum atomic E-state index is 9.60. The number of carbonyl (C=O) groups excluding carboxylic acids is 2. The third-order valence-corrected chi connectivity index (χ3v) is 0.287. The van der Waals surface area contributed by atoms with E-state index in [9.17, 15) is 9.59 Å². The largest absolute Gasteiger partial charge is 0.450 e. The smallest absolute Gasteiger partial charge is 0.404 e. The minimum absolute atomic E-state index is 0.356. The first kappa shape index (κ1) is 12.3. The Hall–Kier alpha value is -0.360. The highest BCUT2D eigenvalue weighted by Crippen LogP contribution is 1.81. The molecule has 0 unspecified atom stereocenters. The van der Waals surface area contributed by atoms with Crippen molar-refractivity contribution in [1.29, 1.82) is 0 Å². The van der Waals surface area contributed by atoms with Crippen LogP contribution in [0.2, 0.25) is 0 Å². The van der Waals surface area contributed by atoms with Crippen LogP contribution in [-0.2, 0) is 4.74 Å². The second kappa shape index (κ2) is 8.64. The summed E-state index contributed by atoms with van der Waals surface area (Å²) >= 11 is 6.38. The zero-order chi connectivity index (χ0) is 8.57. The summed E-state index contributed by atoms with van der Waals surface area (Å²) < 4.78 is 3.74. The second-order valence-corrected chi connectivity index (χ2v) is 2.20. The number of ether oxygens (including phenoxy) is 1.